The van der Waals surface area contributed by atoms with E-state index >= 15 is 0 Å². The lowest BCUT2D eigenvalue weighted by molar-refractivity contribution is -0.130. The van der Waals surface area contributed by atoms with Gasteiger partial charge >= 0.3 is 0 Å². The summed E-state index contributed by atoms with van der Waals surface area (Å²) < 4.78 is 5.64. The van der Waals surface area contributed by atoms with Gasteiger partial charge in [-0.05, 0) is 24.6 Å². The Balaban J connectivity index is 2.29. The molecule has 0 spiro atoms. The Morgan fingerprint density at radius 1 is 1.30 bits per heavy atom. The van der Waals surface area contributed by atoms with Gasteiger partial charge in [0.05, 0.1) is 23.7 Å². The van der Waals surface area contributed by atoms with Gasteiger partial charge < -0.3 is 4.74 Å². The second-order valence-corrected chi connectivity index (χ2v) is 5.53. The quantitative estimate of drug-likeness (QED) is 0.410. The molecule has 3 aliphatic rings. The van der Waals surface area contributed by atoms with Gasteiger partial charge in [0.15, 0.2) is 17.3 Å². The van der Waals surface area contributed by atoms with Crippen LogP contribution in [0.1, 0.15) is 6.92 Å². The molecule has 102 valence electrons. The molecule has 0 bridgehead atoms. The predicted molar refractivity (Wildman–Crippen MR) is 71.9 cm³/mol. The maximum Gasteiger partial charge on any atom is 0.190 e. The molecule has 4 nitrogen and oxygen atoms in total. The minimum Gasteiger partial charge on any atom is -0.368 e. The number of rotatable bonds is 1. The van der Waals surface area contributed by atoms with Crippen molar-refractivity contribution in [2.75, 3.05) is 6.61 Å². The van der Waals surface area contributed by atoms with Gasteiger partial charge in [0.1, 0.15) is 0 Å². The van der Waals surface area contributed by atoms with Crippen molar-refractivity contribution in [1.82, 2.24) is 0 Å². The van der Waals surface area contributed by atoms with E-state index in [2.05, 4.69) is 13.2 Å². The highest BCUT2D eigenvalue weighted by Crippen LogP contribution is 2.50. The summed E-state index contributed by atoms with van der Waals surface area (Å²) in [6, 6.07) is 0. The molecule has 3 atom stereocenters. The lowest BCUT2D eigenvalue weighted by atomic mass is 9.60. The Hall–Kier alpha value is -2.07. The molecule has 0 unspecified atom stereocenters. The van der Waals surface area contributed by atoms with Gasteiger partial charge in [0.2, 0.25) is 0 Å². The zero-order valence-corrected chi connectivity index (χ0v) is 11.1. The van der Waals surface area contributed by atoms with Gasteiger partial charge in [0, 0.05) is 11.5 Å². The van der Waals surface area contributed by atoms with Crippen LogP contribution in [-0.2, 0) is 19.1 Å². The summed E-state index contributed by atoms with van der Waals surface area (Å²) in [6.45, 7) is 9.67. The molecule has 0 radical (unpaired) electrons. The van der Waals surface area contributed by atoms with Crippen molar-refractivity contribution in [2.45, 2.75) is 13.0 Å². The fourth-order valence-electron chi connectivity index (χ4n) is 3.31. The average molecular weight is 270 g/mol. The Labute approximate surface area is 116 Å². The lowest BCUT2D eigenvalue weighted by Gasteiger charge is -2.40. The normalized spacial score (nSPS) is 36.2. The summed E-state index contributed by atoms with van der Waals surface area (Å²) in [5.74, 6) is -1.46. The molecular weight excluding hydrogens is 256 g/mol. The molecule has 3 rings (SSSR count). The second-order valence-electron chi connectivity index (χ2n) is 5.53. The molecule has 1 heterocycles. The summed E-state index contributed by atoms with van der Waals surface area (Å²) in [5.41, 5.74) is -0.0634. The summed E-state index contributed by atoms with van der Waals surface area (Å²) >= 11 is 0. The topological polar surface area (TPSA) is 60.4 Å². The molecule has 0 aromatic heterocycles. The van der Waals surface area contributed by atoms with Crippen LogP contribution in [0.4, 0.5) is 0 Å². The second kappa shape index (κ2) is 3.96. The third kappa shape index (κ3) is 1.37. The van der Waals surface area contributed by atoms with Crippen LogP contribution in [0.3, 0.4) is 0 Å². The van der Waals surface area contributed by atoms with Gasteiger partial charge in [-0.3, -0.25) is 14.4 Å². The first-order valence-electron chi connectivity index (χ1n) is 6.40. The van der Waals surface area contributed by atoms with E-state index in [9.17, 15) is 14.4 Å². The number of Topliss-reactive ketones (excluding diaryl/α,β-unsaturated/α-hetero) is 1. The average Bonchev–Trinajstić information content (AvgIpc) is 2.81. The third-order valence-corrected chi connectivity index (χ3v) is 4.43. The fourth-order valence-corrected chi connectivity index (χ4v) is 3.31. The van der Waals surface area contributed by atoms with Gasteiger partial charge in [-0.2, -0.15) is 0 Å². The van der Waals surface area contributed by atoms with E-state index in [-0.39, 0.29) is 35.2 Å². The van der Waals surface area contributed by atoms with Crippen molar-refractivity contribution in [3.05, 3.63) is 48.1 Å². The first-order chi connectivity index (χ1) is 9.41. The first kappa shape index (κ1) is 12.9. The molecule has 1 saturated heterocycles. The number of fused-ring (bicyclic) bond motifs is 2. The summed E-state index contributed by atoms with van der Waals surface area (Å²) in [5, 5.41) is 0. The van der Waals surface area contributed by atoms with Crippen molar-refractivity contribution >= 4 is 17.3 Å². The van der Waals surface area contributed by atoms with Crippen LogP contribution >= 0.6 is 0 Å². The number of hydrogen-bond donors (Lipinski definition) is 0. The number of carbonyl (C=O) groups is 3. The van der Waals surface area contributed by atoms with Crippen molar-refractivity contribution in [2.24, 2.45) is 11.3 Å². The van der Waals surface area contributed by atoms with Gasteiger partial charge in [0.25, 0.3) is 0 Å². The van der Waals surface area contributed by atoms with Crippen molar-refractivity contribution in [3.63, 3.8) is 0 Å². The van der Waals surface area contributed by atoms with E-state index in [1.807, 2.05) is 0 Å². The summed E-state index contributed by atoms with van der Waals surface area (Å²) in [4.78, 5) is 36.8. The van der Waals surface area contributed by atoms with Gasteiger partial charge in [-0.15, -0.1) is 6.58 Å². The van der Waals surface area contributed by atoms with E-state index in [1.165, 1.54) is 12.2 Å². The third-order valence-electron chi connectivity index (χ3n) is 4.43. The van der Waals surface area contributed by atoms with E-state index in [4.69, 9.17) is 4.74 Å². The van der Waals surface area contributed by atoms with Crippen LogP contribution in [0.25, 0.3) is 0 Å². The molecule has 0 amide bonds. The predicted octanol–water partition coefficient (Wildman–Crippen LogP) is 1.34. The summed E-state index contributed by atoms with van der Waals surface area (Å²) in [7, 11) is 0. The molecule has 1 fully saturated rings. The lowest BCUT2D eigenvalue weighted by Crippen LogP contribution is -2.49. The fraction of sp³-hybridized carbons (Fsp3) is 0.312. The molecule has 0 aromatic rings. The minimum absolute atomic E-state index is 0.0455. The minimum atomic E-state index is -0.960. The standard InChI is InChI=1S/C16H14O4/c1-4-16(3)13-8(2)7-20-14(13)11-9(17)5-6-10(18)12(11)15(16)19/h4-6,13-14H,1-2,7H2,3H3/t13-,14-,16-/m1/s1. The van der Waals surface area contributed by atoms with E-state index in [0.717, 1.165) is 11.6 Å². The molecule has 0 saturated carbocycles. The van der Waals surface area contributed by atoms with E-state index in [1.54, 1.807) is 6.92 Å². The highest BCUT2D eigenvalue weighted by molar-refractivity contribution is 6.34. The molecule has 0 N–H and O–H groups in total. The van der Waals surface area contributed by atoms with Crippen LogP contribution in [0, 0.1) is 11.3 Å². The Morgan fingerprint density at radius 3 is 2.60 bits per heavy atom. The van der Waals surface area contributed by atoms with E-state index in [0.29, 0.717) is 0 Å². The van der Waals surface area contributed by atoms with Crippen LogP contribution in [0.2, 0.25) is 0 Å². The van der Waals surface area contributed by atoms with Crippen molar-refractivity contribution < 1.29 is 19.1 Å². The number of ether oxygens (including phenoxy) is 1. The van der Waals surface area contributed by atoms with Gasteiger partial charge in [-0.25, -0.2) is 0 Å². The van der Waals surface area contributed by atoms with Gasteiger partial charge in [-0.1, -0.05) is 12.7 Å². The highest BCUT2D eigenvalue weighted by atomic mass is 16.5. The number of carbonyl (C=O) groups excluding carboxylic acids is 3. The van der Waals surface area contributed by atoms with Crippen molar-refractivity contribution in [3.8, 4) is 0 Å². The largest absolute Gasteiger partial charge is 0.368 e. The Bertz CT molecular complexity index is 649. The molecule has 2 aliphatic carbocycles. The smallest absolute Gasteiger partial charge is 0.190 e. The SMILES string of the molecule is C=C[C@@]1(C)C(=O)C2=C(C(=O)C=CC2=O)[C@H]2OCC(=C)[C@H]21. The monoisotopic (exact) mass is 270 g/mol. The number of hydrogen-bond acceptors (Lipinski definition) is 4. The first-order valence-corrected chi connectivity index (χ1v) is 6.40. The Kier molecular flexibility index (Phi) is 2.56. The van der Waals surface area contributed by atoms with E-state index < -0.39 is 17.3 Å². The van der Waals surface area contributed by atoms with Crippen LogP contribution in [0.15, 0.2) is 48.1 Å². The zero-order valence-electron chi connectivity index (χ0n) is 11.1. The molecule has 4 heteroatoms. The highest BCUT2D eigenvalue weighted by Gasteiger charge is 2.56. The van der Waals surface area contributed by atoms with Crippen LogP contribution < -0.4 is 0 Å². The van der Waals surface area contributed by atoms with Crippen molar-refractivity contribution in [1.29, 1.82) is 0 Å². The van der Waals surface area contributed by atoms with Crippen LogP contribution in [0.5, 0.6) is 0 Å². The molecular formula is C16H14O4. The molecule has 0 aromatic carbocycles. The number of ketones is 3. The van der Waals surface area contributed by atoms with Crippen LogP contribution in [-0.4, -0.2) is 30.1 Å². The number of allylic oxidation sites excluding steroid dienone is 4. The Morgan fingerprint density at radius 2 is 1.95 bits per heavy atom. The molecule has 20 heavy (non-hydrogen) atoms. The summed E-state index contributed by atoms with van der Waals surface area (Å²) in [6.07, 6.45) is 3.30. The maximum absolute atomic E-state index is 12.7. The maximum atomic E-state index is 12.7. The zero-order chi connectivity index (χ0) is 14.7. The molecule has 1 aliphatic heterocycles.